The van der Waals surface area contributed by atoms with E-state index in [1.807, 2.05) is 6.07 Å². The molecule has 0 atom stereocenters. The van der Waals surface area contributed by atoms with Gasteiger partial charge in [0.1, 0.15) is 0 Å². The second kappa shape index (κ2) is 10.2. The molecule has 146 valence electrons. The normalized spacial score (nSPS) is 12.5. The highest BCUT2D eigenvalue weighted by atomic mass is 79.9. The predicted molar refractivity (Wildman–Crippen MR) is 129 cm³/mol. The van der Waals surface area contributed by atoms with Gasteiger partial charge in [-0.15, -0.1) is 0 Å². The monoisotopic (exact) mass is 620 g/mol. The van der Waals surface area contributed by atoms with Crippen LogP contribution in [0.2, 0.25) is 0 Å². The second-order valence-electron chi connectivity index (χ2n) is 7.53. The highest BCUT2D eigenvalue weighted by Crippen LogP contribution is 2.32. The standard InChI is InChI=1S/C22H24Br4O/c1-14(8-10-16-18(23)6-5-7-19(16)24)12-15-9-11-20(25)17(21(15)26)13-27-22(2,3)4/h5-9,11H,10,12-13H2,1-4H3/b14-8+. The first-order chi connectivity index (χ1) is 12.6. The molecule has 0 aliphatic carbocycles. The van der Waals surface area contributed by atoms with Crippen molar-refractivity contribution in [2.75, 3.05) is 0 Å². The fraction of sp³-hybridized carbons (Fsp3) is 0.364. The van der Waals surface area contributed by atoms with E-state index < -0.39 is 0 Å². The molecule has 5 heteroatoms. The highest BCUT2D eigenvalue weighted by molar-refractivity contribution is 9.11. The molecule has 2 aromatic rings. The Bertz CT molecular complexity index is 815. The zero-order chi connectivity index (χ0) is 20.2. The van der Waals surface area contributed by atoms with Crippen LogP contribution in [0.25, 0.3) is 0 Å². The SMILES string of the molecule is C/C(=C\Cc1c(Br)cccc1Br)Cc1ccc(Br)c(COC(C)(C)C)c1Br. The summed E-state index contributed by atoms with van der Waals surface area (Å²) in [7, 11) is 0. The Morgan fingerprint density at radius 2 is 1.52 bits per heavy atom. The molecule has 0 saturated carbocycles. The lowest BCUT2D eigenvalue weighted by Crippen LogP contribution is -2.19. The van der Waals surface area contributed by atoms with Crippen LogP contribution in [0.5, 0.6) is 0 Å². The second-order valence-corrected chi connectivity index (χ2v) is 10.9. The first-order valence-corrected chi connectivity index (χ1v) is 11.9. The van der Waals surface area contributed by atoms with Gasteiger partial charge in [-0.3, -0.25) is 0 Å². The van der Waals surface area contributed by atoms with E-state index in [9.17, 15) is 0 Å². The van der Waals surface area contributed by atoms with Crippen LogP contribution in [-0.2, 0) is 24.2 Å². The van der Waals surface area contributed by atoms with E-state index >= 15 is 0 Å². The smallest absolute Gasteiger partial charge is 0.0746 e. The van der Waals surface area contributed by atoms with Gasteiger partial charge in [0.05, 0.1) is 12.2 Å². The van der Waals surface area contributed by atoms with Crippen molar-refractivity contribution in [3.63, 3.8) is 0 Å². The fourth-order valence-electron chi connectivity index (χ4n) is 2.58. The zero-order valence-corrected chi connectivity index (χ0v) is 22.3. The van der Waals surface area contributed by atoms with Crippen molar-refractivity contribution >= 4 is 63.7 Å². The van der Waals surface area contributed by atoms with E-state index in [1.54, 1.807) is 0 Å². The third-order valence-electron chi connectivity index (χ3n) is 4.10. The van der Waals surface area contributed by atoms with Crippen molar-refractivity contribution in [1.82, 2.24) is 0 Å². The average molecular weight is 624 g/mol. The Kier molecular flexibility index (Phi) is 8.82. The number of hydrogen-bond acceptors (Lipinski definition) is 1. The maximum Gasteiger partial charge on any atom is 0.0746 e. The average Bonchev–Trinajstić information content (AvgIpc) is 2.56. The van der Waals surface area contributed by atoms with Crippen LogP contribution in [0.4, 0.5) is 0 Å². The van der Waals surface area contributed by atoms with Gasteiger partial charge >= 0.3 is 0 Å². The van der Waals surface area contributed by atoms with Gasteiger partial charge in [0.25, 0.3) is 0 Å². The number of hydrogen-bond donors (Lipinski definition) is 0. The fourth-order valence-corrected chi connectivity index (χ4v) is 5.21. The molecule has 0 radical (unpaired) electrons. The van der Waals surface area contributed by atoms with Crippen LogP contribution in [0, 0.1) is 0 Å². The summed E-state index contributed by atoms with van der Waals surface area (Å²) in [6.45, 7) is 8.98. The Labute approximate surface area is 196 Å². The third-order valence-corrected chi connectivity index (χ3v) is 7.32. The van der Waals surface area contributed by atoms with E-state index in [0.29, 0.717) is 6.61 Å². The topological polar surface area (TPSA) is 9.23 Å². The summed E-state index contributed by atoms with van der Waals surface area (Å²) in [4.78, 5) is 0. The molecule has 0 amide bonds. The quantitative estimate of drug-likeness (QED) is 0.292. The van der Waals surface area contributed by atoms with Crippen molar-refractivity contribution < 1.29 is 4.74 Å². The molecule has 1 nitrogen and oxygen atoms in total. The van der Waals surface area contributed by atoms with Crippen LogP contribution in [0.3, 0.4) is 0 Å². The minimum Gasteiger partial charge on any atom is -0.371 e. The van der Waals surface area contributed by atoms with Crippen molar-refractivity contribution in [2.24, 2.45) is 0 Å². The summed E-state index contributed by atoms with van der Waals surface area (Å²) in [5, 5.41) is 0. The molecule has 0 aliphatic rings. The molecule has 0 aromatic heterocycles. The van der Waals surface area contributed by atoms with Gasteiger partial charge in [-0.1, -0.05) is 87.5 Å². The van der Waals surface area contributed by atoms with Gasteiger partial charge in [-0.2, -0.15) is 0 Å². The van der Waals surface area contributed by atoms with Gasteiger partial charge in [0.2, 0.25) is 0 Å². The summed E-state index contributed by atoms with van der Waals surface area (Å²) >= 11 is 14.7. The number of halogens is 4. The summed E-state index contributed by atoms with van der Waals surface area (Å²) < 4.78 is 10.4. The van der Waals surface area contributed by atoms with Crippen molar-refractivity contribution in [3.8, 4) is 0 Å². The van der Waals surface area contributed by atoms with E-state index in [0.717, 1.165) is 36.3 Å². The molecule has 2 rings (SSSR count). The lowest BCUT2D eigenvalue weighted by molar-refractivity contribution is -0.0154. The molecule has 0 saturated heterocycles. The van der Waals surface area contributed by atoms with E-state index in [1.165, 1.54) is 16.7 Å². The molecule has 0 heterocycles. The first-order valence-electron chi connectivity index (χ1n) is 8.76. The van der Waals surface area contributed by atoms with Crippen LogP contribution in [0.15, 0.2) is 59.9 Å². The van der Waals surface area contributed by atoms with Crippen LogP contribution in [-0.4, -0.2) is 5.60 Å². The van der Waals surface area contributed by atoms with Crippen LogP contribution < -0.4 is 0 Å². The summed E-state index contributed by atoms with van der Waals surface area (Å²) in [5.74, 6) is 0. The van der Waals surface area contributed by atoms with Crippen molar-refractivity contribution in [1.29, 1.82) is 0 Å². The Balaban J connectivity index is 2.16. The van der Waals surface area contributed by atoms with E-state index in [2.05, 4.69) is 122 Å². The highest BCUT2D eigenvalue weighted by Gasteiger charge is 2.15. The van der Waals surface area contributed by atoms with E-state index in [4.69, 9.17) is 4.74 Å². The predicted octanol–water partition coefficient (Wildman–Crippen LogP) is 8.78. The van der Waals surface area contributed by atoms with Crippen LogP contribution in [0.1, 0.15) is 44.4 Å². The molecule has 27 heavy (non-hydrogen) atoms. The molecule has 0 fully saturated rings. The summed E-state index contributed by atoms with van der Waals surface area (Å²) in [6, 6.07) is 10.5. The molecule has 2 aromatic carbocycles. The molecular formula is C22H24Br4O. The Morgan fingerprint density at radius 1 is 0.926 bits per heavy atom. The Morgan fingerprint density at radius 3 is 2.11 bits per heavy atom. The lowest BCUT2D eigenvalue weighted by Gasteiger charge is -2.21. The van der Waals surface area contributed by atoms with E-state index in [-0.39, 0.29) is 5.60 Å². The molecule has 0 spiro atoms. The van der Waals surface area contributed by atoms with Gasteiger partial charge in [0, 0.05) is 23.5 Å². The zero-order valence-electron chi connectivity index (χ0n) is 16.0. The summed E-state index contributed by atoms with van der Waals surface area (Å²) in [5.41, 5.74) is 4.87. The molecule has 0 bridgehead atoms. The van der Waals surface area contributed by atoms with Crippen molar-refractivity contribution in [2.45, 2.75) is 52.7 Å². The number of allylic oxidation sites excluding steroid dienone is 2. The maximum atomic E-state index is 5.98. The number of rotatable bonds is 6. The largest absolute Gasteiger partial charge is 0.371 e. The Hall–Kier alpha value is 0.0600. The third kappa shape index (κ3) is 7.11. The minimum absolute atomic E-state index is 0.166. The maximum absolute atomic E-state index is 5.98. The van der Waals surface area contributed by atoms with Gasteiger partial charge in [0.15, 0.2) is 0 Å². The molecule has 0 N–H and O–H groups in total. The van der Waals surface area contributed by atoms with Gasteiger partial charge in [-0.05, 0) is 69.9 Å². The molecular weight excluding hydrogens is 600 g/mol. The summed E-state index contributed by atoms with van der Waals surface area (Å²) in [6.07, 6.45) is 4.09. The van der Waals surface area contributed by atoms with Crippen LogP contribution >= 0.6 is 63.7 Å². The number of ether oxygens (including phenoxy) is 1. The van der Waals surface area contributed by atoms with Crippen molar-refractivity contribution in [3.05, 3.63) is 76.6 Å². The van der Waals surface area contributed by atoms with Gasteiger partial charge < -0.3 is 4.74 Å². The molecule has 0 unspecified atom stereocenters. The minimum atomic E-state index is -0.166. The van der Waals surface area contributed by atoms with Gasteiger partial charge in [-0.25, -0.2) is 0 Å². The lowest BCUT2D eigenvalue weighted by atomic mass is 10.0. The number of benzene rings is 2. The molecule has 0 aliphatic heterocycles. The first kappa shape index (κ1) is 23.3.